The molecule has 0 spiro atoms. The fraction of sp³-hybridized carbons (Fsp3) is 0.435. The van der Waals surface area contributed by atoms with Gasteiger partial charge in [-0.1, -0.05) is 61.3 Å². The van der Waals surface area contributed by atoms with Gasteiger partial charge in [-0.15, -0.1) is 0 Å². The molecule has 0 fully saturated rings. The Morgan fingerprint density at radius 2 is 1.43 bits per heavy atom. The predicted molar refractivity (Wildman–Crippen MR) is 120 cm³/mol. The minimum absolute atomic E-state index is 0.0703. The number of alkyl carbamates (subject to hydrolysis) is 1. The van der Waals surface area contributed by atoms with E-state index in [0.717, 1.165) is 17.5 Å². The van der Waals surface area contributed by atoms with E-state index in [1.165, 1.54) is 0 Å². The monoisotopic (exact) mass is 423 g/mol. The number of hydrogen-bond acceptors (Lipinski definition) is 2. The second kappa shape index (κ2) is 11.3. The molecule has 2 rings (SSSR count). The number of halogens is 2. The number of hydrogen-bond donors (Lipinski definition) is 1. The van der Waals surface area contributed by atoms with Crippen LogP contribution in [0.2, 0.25) is 10.0 Å². The molecule has 0 radical (unpaired) electrons. The molecular weight excluding hydrogens is 393 g/mol. The Kier molecular flexibility index (Phi) is 9.84. The lowest BCUT2D eigenvalue weighted by atomic mass is 9.86. The van der Waals surface area contributed by atoms with Crippen molar-refractivity contribution >= 4 is 29.3 Å². The first kappa shape index (κ1) is 24.3. The van der Waals surface area contributed by atoms with Crippen molar-refractivity contribution in [2.24, 2.45) is 0 Å². The van der Waals surface area contributed by atoms with E-state index in [1.807, 2.05) is 90.1 Å². The molecule has 0 aliphatic heterocycles. The highest BCUT2D eigenvalue weighted by molar-refractivity contribution is 6.30. The molecule has 0 saturated heterocycles. The van der Waals surface area contributed by atoms with Crippen molar-refractivity contribution in [3.05, 3.63) is 69.7 Å². The van der Waals surface area contributed by atoms with E-state index in [1.54, 1.807) is 0 Å². The lowest BCUT2D eigenvalue weighted by molar-refractivity contribution is 0.0501. The van der Waals surface area contributed by atoms with Crippen molar-refractivity contribution in [2.75, 3.05) is 0 Å². The molecule has 0 saturated carbocycles. The predicted octanol–water partition coefficient (Wildman–Crippen LogP) is 7.26. The number of carbonyl (C=O) groups is 1. The van der Waals surface area contributed by atoms with Crippen molar-refractivity contribution in [3.63, 3.8) is 0 Å². The van der Waals surface area contributed by atoms with Gasteiger partial charge < -0.3 is 10.1 Å². The summed E-state index contributed by atoms with van der Waals surface area (Å²) in [5, 5.41) is 4.35. The van der Waals surface area contributed by atoms with E-state index < -0.39 is 11.7 Å². The van der Waals surface area contributed by atoms with Crippen LogP contribution in [0.5, 0.6) is 0 Å². The molecule has 0 aliphatic rings. The van der Waals surface area contributed by atoms with Gasteiger partial charge in [0.2, 0.25) is 0 Å². The van der Waals surface area contributed by atoms with Gasteiger partial charge in [0.05, 0.1) is 0 Å². The summed E-state index contributed by atoms with van der Waals surface area (Å²) >= 11 is 12.0. The Morgan fingerprint density at radius 3 is 1.89 bits per heavy atom. The fourth-order valence-corrected chi connectivity index (χ4v) is 3.01. The van der Waals surface area contributed by atoms with Crippen LogP contribution in [0.3, 0.4) is 0 Å². The van der Waals surface area contributed by atoms with Crippen molar-refractivity contribution < 1.29 is 9.53 Å². The van der Waals surface area contributed by atoms with Crippen LogP contribution in [-0.4, -0.2) is 17.7 Å². The highest BCUT2D eigenvalue weighted by Gasteiger charge is 2.24. The molecule has 2 aromatic carbocycles. The summed E-state index contributed by atoms with van der Waals surface area (Å²) in [6.07, 6.45) is 0.343. The van der Waals surface area contributed by atoms with Crippen LogP contribution in [0.25, 0.3) is 0 Å². The number of benzene rings is 2. The smallest absolute Gasteiger partial charge is 0.407 e. The highest BCUT2D eigenvalue weighted by Crippen LogP contribution is 2.27. The van der Waals surface area contributed by atoms with Crippen LogP contribution in [0.1, 0.15) is 58.6 Å². The molecule has 154 valence electrons. The van der Waals surface area contributed by atoms with Crippen LogP contribution >= 0.6 is 23.2 Å². The zero-order valence-electron chi connectivity index (χ0n) is 17.6. The van der Waals surface area contributed by atoms with Gasteiger partial charge in [-0.3, -0.25) is 0 Å². The normalized spacial score (nSPS) is 13.0. The molecule has 2 unspecified atom stereocenters. The Bertz CT molecular complexity index is 722. The molecule has 1 N–H and O–H groups in total. The van der Waals surface area contributed by atoms with Gasteiger partial charge in [-0.2, -0.15) is 0 Å². The molecule has 0 aromatic heterocycles. The SMILES string of the molecule is CC.CC(NC(=O)OC(C)(C)C)C(Cc1ccc(Cl)cc1)c1ccc(Cl)cc1. The van der Waals surface area contributed by atoms with Gasteiger partial charge in [0.15, 0.2) is 0 Å². The summed E-state index contributed by atoms with van der Waals surface area (Å²) in [6.45, 7) is 11.5. The average Bonchev–Trinajstić information content (AvgIpc) is 2.62. The van der Waals surface area contributed by atoms with E-state index in [-0.39, 0.29) is 12.0 Å². The molecule has 0 aliphatic carbocycles. The Labute approximate surface area is 179 Å². The lowest BCUT2D eigenvalue weighted by Gasteiger charge is -2.27. The van der Waals surface area contributed by atoms with Crippen LogP contribution < -0.4 is 5.32 Å². The zero-order chi connectivity index (χ0) is 21.3. The molecule has 28 heavy (non-hydrogen) atoms. The molecular formula is C23H31Cl2NO2. The molecule has 5 heteroatoms. The second-order valence-electron chi connectivity index (χ2n) is 7.42. The molecule has 2 aromatic rings. The maximum Gasteiger partial charge on any atom is 0.407 e. The zero-order valence-corrected chi connectivity index (χ0v) is 19.1. The van der Waals surface area contributed by atoms with Gasteiger partial charge in [0, 0.05) is 22.0 Å². The first-order valence-electron chi connectivity index (χ1n) is 9.63. The number of nitrogens with one attached hydrogen (secondary N) is 1. The Balaban J connectivity index is 0.00000190. The number of rotatable bonds is 5. The largest absolute Gasteiger partial charge is 0.444 e. The molecule has 2 atom stereocenters. The van der Waals surface area contributed by atoms with Gasteiger partial charge >= 0.3 is 6.09 Å². The quantitative estimate of drug-likeness (QED) is 0.549. The van der Waals surface area contributed by atoms with E-state index in [2.05, 4.69) is 5.32 Å². The van der Waals surface area contributed by atoms with E-state index in [9.17, 15) is 4.79 Å². The van der Waals surface area contributed by atoms with Crippen LogP contribution in [0, 0.1) is 0 Å². The van der Waals surface area contributed by atoms with Gasteiger partial charge in [-0.25, -0.2) is 4.79 Å². The number of carbonyl (C=O) groups excluding carboxylic acids is 1. The summed E-state index contributed by atoms with van der Waals surface area (Å²) in [5.41, 5.74) is 1.72. The van der Waals surface area contributed by atoms with Crippen molar-refractivity contribution in [3.8, 4) is 0 Å². The van der Waals surface area contributed by atoms with Crippen LogP contribution in [0.15, 0.2) is 48.5 Å². The molecule has 1 amide bonds. The Morgan fingerprint density at radius 1 is 0.964 bits per heavy atom. The number of amides is 1. The minimum Gasteiger partial charge on any atom is -0.444 e. The van der Waals surface area contributed by atoms with E-state index in [4.69, 9.17) is 27.9 Å². The summed E-state index contributed by atoms with van der Waals surface area (Å²) in [6, 6.07) is 15.4. The van der Waals surface area contributed by atoms with Crippen LogP contribution in [0.4, 0.5) is 4.79 Å². The maximum atomic E-state index is 12.2. The summed E-state index contributed by atoms with van der Waals surface area (Å²) in [4.78, 5) is 12.2. The summed E-state index contributed by atoms with van der Waals surface area (Å²) < 4.78 is 5.39. The van der Waals surface area contributed by atoms with Crippen molar-refractivity contribution in [2.45, 2.75) is 65.5 Å². The van der Waals surface area contributed by atoms with Gasteiger partial charge in [0.25, 0.3) is 0 Å². The third-order valence-corrected chi connectivity index (χ3v) is 4.52. The first-order chi connectivity index (χ1) is 13.1. The summed E-state index contributed by atoms with van der Waals surface area (Å²) in [7, 11) is 0. The minimum atomic E-state index is -0.532. The first-order valence-corrected chi connectivity index (χ1v) is 10.4. The second-order valence-corrected chi connectivity index (χ2v) is 8.30. The Hall–Kier alpha value is -1.71. The van der Waals surface area contributed by atoms with E-state index in [0.29, 0.717) is 10.0 Å². The van der Waals surface area contributed by atoms with Crippen molar-refractivity contribution in [1.82, 2.24) is 5.32 Å². The molecule has 0 bridgehead atoms. The fourth-order valence-electron chi connectivity index (χ4n) is 2.76. The van der Waals surface area contributed by atoms with Crippen molar-refractivity contribution in [1.29, 1.82) is 0 Å². The lowest BCUT2D eigenvalue weighted by Crippen LogP contribution is -2.41. The third kappa shape index (κ3) is 8.53. The van der Waals surface area contributed by atoms with Gasteiger partial charge in [-0.05, 0) is 69.5 Å². The third-order valence-electron chi connectivity index (χ3n) is 4.01. The van der Waals surface area contributed by atoms with Gasteiger partial charge in [0.1, 0.15) is 5.60 Å². The van der Waals surface area contributed by atoms with Crippen LogP contribution in [-0.2, 0) is 11.2 Å². The molecule has 0 heterocycles. The maximum absolute atomic E-state index is 12.2. The molecule has 3 nitrogen and oxygen atoms in total. The standard InChI is InChI=1S/C21H25Cl2NO2.C2H6/c1-14(24-20(25)26-21(2,3)4)19(16-7-11-18(23)12-8-16)13-15-5-9-17(22)10-6-15;1-2/h5-12,14,19H,13H2,1-4H3,(H,24,25);1-2H3. The summed E-state index contributed by atoms with van der Waals surface area (Å²) in [5.74, 6) is 0.0703. The topological polar surface area (TPSA) is 38.3 Å². The highest BCUT2D eigenvalue weighted by atomic mass is 35.5. The van der Waals surface area contributed by atoms with E-state index >= 15 is 0 Å². The average molecular weight is 424 g/mol. The number of ether oxygens (including phenoxy) is 1.